The van der Waals surface area contributed by atoms with E-state index >= 15 is 0 Å². The molecule has 0 heterocycles. The van der Waals surface area contributed by atoms with E-state index in [1.807, 2.05) is 53.8 Å². The van der Waals surface area contributed by atoms with E-state index in [-0.39, 0.29) is 12.5 Å². The fraction of sp³-hybridized carbons (Fsp3) is 0.222. The van der Waals surface area contributed by atoms with E-state index < -0.39 is 32.5 Å². The van der Waals surface area contributed by atoms with E-state index in [0.29, 0.717) is 0 Å². The molecule has 2 aromatic carbocycles. The maximum Gasteiger partial charge on any atom is 0.469 e. The molecule has 10 heteroatoms. The molecule has 2 aromatic rings. The molecule has 0 saturated heterocycles. The minimum absolute atomic E-state index is 0.0223. The Bertz CT molecular complexity index is 895. The third-order valence-electron chi connectivity index (χ3n) is 4.34. The van der Waals surface area contributed by atoms with Gasteiger partial charge in [-0.25, -0.2) is 14.2 Å². The molecule has 148 valence electrons. The Labute approximate surface area is 160 Å². The van der Waals surface area contributed by atoms with E-state index in [1.54, 1.807) is 0 Å². The summed E-state index contributed by atoms with van der Waals surface area (Å²) in [5, 5.41) is 11.1. The molecule has 0 bridgehead atoms. The summed E-state index contributed by atoms with van der Waals surface area (Å²) in [7, 11) is -4.86. The first-order valence-corrected chi connectivity index (χ1v) is 9.83. The van der Waals surface area contributed by atoms with Gasteiger partial charge in [0.15, 0.2) is 6.04 Å². The number of benzene rings is 2. The molecular formula is C18H18NO8P. The number of alkyl carbamates (subject to hydrolysis) is 1. The minimum atomic E-state index is -4.86. The molecule has 4 N–H and O–H groups in total. The van der Waals surface area contributed by atoms with Crippen molar-refractivity contribution in [1.29, 1.82) is 0 Å². The van der Waals surface area contributed by atoms with Crippen LogP contribution in [0.2, 0.25) is 0 Å². The summed E-state index contributed by atoms with van der Waals surface area (Å²) in [4.78, 5) is 40.5. The Balaban J connectivity index is 1.66. The van der Waals surface area contributed by atoms with Crippen molar-refractivity contribution >= 4 is 19.9 Å². The first kappa shape index (κ1) is 20.0. The monoisotopic (exact) mass is 407 g/mol. The largest absolute Gasteiger partial charge is 0.480 e. The van der Waals surface area contributed by atoms with Crippen molar-refractivity contribution in [2.24, 2.45) is 0 Å². The number of fused-ring (bicyclic) bond motifs is 3. The van der Waals surface area contributed by atoms with Gasteiger partial charge in [0.2, 0.25) is 0 Å². The zero-order valence-corrected chi connectivity index (χ0v) is 15.4. The van der Waals surface area contributed by atoms with Crippen molar-refractivity contribution in [3.05, 3.63) is 59.7 Å². The number of carboxylic acid groups (broad SMARTS) is 1. The SMILES string of the molecule is O=C(N[C@@H](COP(=O)(O)O)C(=O)O)OCC1c2ccccc2-c2ccccc21. The van der Waals surface area contributed by atoms with Crippen LogP contribution in [0.5, 0.6) is 0 Å². The van der Waals surface area contributed by atoms with E-state index in [2.05, 4.69) is 4.52 Å². The standard InChI is InChI=1S/C18H18NO8P/c20-17(21)16(10-27-28(23,24)25)19-18(22)26-9-15-13-7-3-1-5-11(13)12-6-2-4-8-14(12)15/h1-8,15-16H,9-10H2,(H,19,22)(H,20,21)(H2,23,24,25)/t16-/m0/s1. The number of rotatable bonds is 7. The van der Waals surface area contributed by atoms with Crippen molar-refractivity contribution in [2.75, 3.05) is 13.2 Å². The topological polar surface area (TPSA) is 142 Å². The third-order valence-corrected chi connectivity index (χ3v) is 4.83. The molecule has 1 aliphatic carbocycles. The summed E-state index contributed by atoms with van der Waals surface area (Å²) < 4.78 is 20.0. The van der Waals surface area contributed by atoms with Gasteiger partial charge < -0.3 is 24.9 Å². The molecule has 1 aliphatic rings. The van der Waals surface area contributed by atoms with E-state index in [9.17, 15) is 14.2 Å². The van der Waals surface area contributed by atoms with Crippen LogP contribution in [0.4, 0.5) is 4.79 Å². The molecule has 0 radical (unpaired) electrons. The summed E-state index contributed by atoms with van der Waals surface area (Å²) >= 11 is 0. The van der Waals surface area contributed by atoms with Crippen molar-refractivity contribution in [3.63, 3.8) is 0 Å². The van der Waals surface area contributed by atoms with Gasteiger partial charge in [0.25, 0.3) is 0 Å². The fourth-order valence-corrected chi connectivity index (χ4v) is 3.47. The van der Waals surface area contributed by atoms with Crippen LogP contribution in [-0.4, -0.2) is 46.2 Å². The smallest absolute Gasteiger partial charge is 0.469 e. The number of ether oxygens (including phenoxy) is 1. The van der Waals surface area contributed by atoms with Gasteiger partial charge in [0.1, 0.15) is 6.61 Å². The lowest BCUT2D eigenvalue weighted by atomic mass is 9.98. The van der Waals surface area contributed by atoms with Crippen LogP contribution < -0.4 is 5.32 Å². The quantitative estimate of drug-likeness (QED) is 0.511. The lowest BCUT2D eigenvalue weighted by Crippen LogP contribution is -2.44. The van der Waals surface area contributed by atoms with Crippen LogP contribution in [-0.2, 0) is 18.6 Å². The second kappa shape index (κ2) is 8.12. The molecule has 0 spiro atoms. The highest BCUT2D eigenvalue weighted by atomic mass is 31.2. The van der Waals surface area contributed by atoms with Gasteiger partial charge in [-0.3, -0.25) is 4.52 Å². The number of carboxylic acids is 1. The molecule has 9 nitrogen and oxygen atoms in total. The van der Waals surface area contributed by atoms with Crippen molar-refractivity contribution in [2.45, 2.75) is 12.0 Å². The number of carbonyl (C=O) groups is 2. The average molecular weight is 407 g/mol. The maximum absolute atomic E-state index is 12.0. The second-order valence-electron chi connectivity index (χ2n) is 6.15. The summed E-state index contributed by atoms with van der Waals surface area (Å²) in [6.45, 7) is -0.921. The molecule has 0 aliphatic heterocycles. The van der Waals surface area contributed by atoms with Crippen molar-refractivity contribution in [3.8, 4) is 11.1 Å². The first-order valence-electron chi connectivity index (χ1n) is 8.30. The lowest BCUT2D eigenvalue weighted by molar-refractivity contribution is -0.140. The predicted octanol–water partition coefficient (Wildman–Crippen LogP) is 2.09. The van der Waals surface area contributed by atoms with Gasteiger partial charge in [0.05, 0.1) is 6.61 Å². The molecule has 1 atom stereocenters. The molecule has 0 unspecified atom stereocenters. The fourth-order valence-electron chi connectivity index (χ4n) is 3.13. The molecule has 1 amide bonds. The van der Waals surface area contributed by atoms with Crippen LogP contribution in [0.15, 0.2) is 48.5 Å². The van der Waals surface area contributed by atoms with Crippen molar-refractivity contribution in [1.82, 2.24) is 5.32 Å². The van der Waals surface area contributed by atoms with E-state index in [0.717, 1.165) is 22.3 Å². The molecule has 0 saturated carbocycles. The number of carbonyl (C=O) groups excluding carboxylic acids is 1. The van der Waals surface area contributed by atoms with Gasteiger partial charge in [-0.2, -0.15) is 0 Å². The molecular weight excluding hydrogens is 389 g/mol. The highest BCUT2D eigenvalue weighted by molar-refractivity contribution is 7.46. The lowest BCUT2D eigenvalue weighted by Gasteiger charge is -2.17. The van der Waals surface area contributed by atoms with Gasteiger partial charge in [-0.1, -0.05) is 48.5 Å². The van der Waals surface area contributed by atoms with Gasteiger partial charge >= 0.3 is 19.9 Å². The van der Waals surface area contributed by atoms with E-state index in [4.69, 9.17) is 19.6 Å². The minimum Gasteiger partial charge on any atom is -0.480 e. The van der Waals surface area contributed by atoms with Crippen LogP contribution >= 0.6 is 7.82 Å². The Morgan fingerprint density at radius 1 is 1.04 bits per heavy atom. The van der Waals surface area contributed by atoms with Crippen LogP contribution in [0.25, 0.3) is 11.1 Å². The number of amides is 1. The van der Waals surface area contributed by atoms with Gasteiger partial charge in [-0.05, 0) is 22.3 Å². The van der Waals surface area contributed by atoms with Crippen LogP contribution in [0, 0.1) is 0 Å². The first-order chi connectivity index (χ1) is 13.3. The van der Waals surface area contributed by atoms with Crippen molar-refractivity contribution < 1.29 is 38.3 Å². The zero-order valence-electron chi connectivity index (χ0n) is 14.5. The van der Waals surface area contributed by atoms with E-state index in [1.165, 1.54) is 0 Å². The van der Waals surface area contributed by atoms with Crippen LogP contribution in [0.1, 0.15) is 17.0 Å². The van der Waals surface area contributed by atoms with Crippen LogP contribution in [0.3, 0.4) is 0 Å². The molecule has 0 fully saturated rings. The number of hydrogen-bond donors (Lipinski definition) is 4. The highest BCUT2D eigenvalue weighted by Gasteiger charge is 2.30. The Morgan fingerprint density at radius 3 is 2.07 bits per heavy atom. The molecule has 3 rings (SSSR count). The predicted molar refractivity (Wildman–Crippen MR) is 97.6 cm³/mol. The Hall–Kier alpha value is -2.71. The second-order valence-corrected chi connectivity index (χ2v) is 7.39. The summed E-state index contributed by atoms with van der Waals surface area (Å²) in [6, 6.07) is 13.8. The molecule has 0 aromatic heterocycles. The number of hydrogen-bond acceptors (Lipinski definition) is 5. The normalized spacial score (nSPS) is 14.1. The Morgan fingerprint density at radius 2 is 1.57 bits per heavy atom. The number of phosphoric acid groups is 1. The Kier molecular flexibility index (Phi) is 5.81. The highest BCUT2D eigenvalue weighted by Crippen LogP contribution is 2.44. The number of nitrogens with one attached hydrogen (secondary N) is 1. The van der Waals surface area contributed by atoms with Gasteiger partial charge in [0, 0.05) is 5.92 Å². The summed E-state index contributed by atoms with van der Waals surface area (Å²) in [5.41, 5.74) is 4.09. The number of aliphatic carboxylic acids is 1. The zero-order chi connectivity index (χ0) is 20.3. The maximum atomic E-state index is 12.0. The third kappa shape index (κ3) is 4.58. The average Bonchev–Trinajstić information content (AvgIpc) is 2.96. The summed E-state index contributed by atoms with van der Waals surface area (Å²) in [6.07, 6.45) is -1.02. The summed E-state index contributed by atoms with van der Waals surface area (Å²) in [5.74, 6) is -1.71. The number of phosphoric ester groups is 1. The molecule has 28 heavy (non-hydrogen) atoms. The van der Waals surface area contributed by atoms with Gasteiger partial charge in [-0.15, -0.1) is 0 Å².